The molecule has 0 N–H and O–H groups in total. The van der Waals surface area contributed by atoms with E-state index < -0.39 is 11.7 Å². The van der Waals surface area contributed by atoms with E-state index in [0.29, 0.717) is 12.3 Å². The number of anilines is 1. The monoisotopic (exact) mass is 448 g/mol. The lowest BCUT2D eigenvalue weighted by atomic mass is 10.1. The third-order valence-electron chi connectivity index (χ3n) is 5.12. The molecule has 0 unspecified atom stereocenters. The van der Waals surface area contributed by atoms with Crippen molar-refractivity contribution in [3.63, 3.8) is 0 Å². The van der Waals surface area contributed by atoms with Crippen molar-refractivity contribution in [1.82, 2.24) is 4.90 Å². The van der Waals surface area contributed by atoms with Gasteiger partial charge >= 0.3 is 6.18 Å². The Labute approximate surface area is 185 Å². The molecule has 2 aromatic rings. The summed E-state index contributed by atoms with van der Waals surface area (Å²) >= 11 is 0. The molecule has 0 atom stereocenters. The summed E-state index contributed by atoms with van der Waals surface area (Å²) in [5.74, 6) is 0.130. The molecule has 1 aliphatic rings. The molecule has 0 radical (unpaired) electrons. The summed E-state index contributed by atoms with van der Waals surface area (Å²) in [6.07, 6.45) is -1.74. The van der Waals surface area contributed by atoms with Crippen molar-refractivity contribution in [2.45, 2.75) is 19.5 Å². The minimum Gasteiger partial charge on any atom is -0.487 e. The zero-order valence-electron chi connectivity index (χ0n) is 18.4. The number of oxime groups is 1. The second-order valence-corrected chi connectivity index (χ2v) is 7.46. The molecule has 0 fully saturated rings. The quantitative estimate of drug-likeness (QED) is 0.315. The second kappa shape index (κ2) is 10.4. The Morgan fingerprint density at radius 1 is 1.22 bits per heavy atom. The Kier molecular flexibility index (Phi) is 7.61. The van der Waals surface area contributed by atoms with E-state index in [2.05, 4.69) is 28.0 Å². The van der Waals surface area contributed by atoms with Crippen molar-refractivity contribution in [3.05, 3.63) is 53.6 Å². The number of hydrogen-bond donors (Lipinski definition) is 0. The van der Waals surface area contributed by atoms with Crippen LogP contribution in [0.1, 0.15) is 18.1 Å². The summed E-state index contributed by atoms with van der Waals surface area (Å²) in [6, 6.07) is 10.9. The molecule has 0 spiro atoms. The zero-order valence-corrected chi connectivity index (χ0v) is 18.4. The van der Waals surface area contributed by atoms with Crippen LogP contribution < -0.4 is 9.64 Å². The number of fused-ring (bicyclic) bond motifs is 1. The summed E-state index contributed by atoms with van der Waals surface area (Å²) in [7, 11) is 3.40. The fraction of sp³-hybridized carbons (Fsp3) is 0.391. The van der Waals surface area contributed by atoms with E-state index >= 15 is 0 Å². The van der Waals surface area contributed by atoms with Crippen LogP contribution in [0.5, 0.6) is 5.75 Å². The molecule has 0 aliphatic carbocycles. The van der Waals surface area contributed by atoms with Gasteiger partial charge < -0.3 is 19.4 Å². The number of nitrogens with zero attached hydrogens (tertiary/aromatic N) is 4. The van der Waals surface area contributed by atoms with Crippen LogP contribution in [0.3, 0.4) is 0 Å². The molecule has 3 rings (SSSR count). The van der Waals surface area contributed by atoms with Crippen molar-refractivity contribution >= 4 is 23.4 Å². The van der Waals surface area contributed by atoms with Crippen molar-refractivity contribution in [1.29, 1.82) is 0 Å². The van der Waals surface area contributed by atoms with Gasteiger partial charge in [0.2, 0.25) is 0 Å². The van der Waals surface area contributed by atoms with Gasteiger partial charge in [0, 0.05) is 25.8 Å². The molecule has 1 aliphatic heterocycles. The first kappa shape index (κ1) is 23.4. The molecule has 2 aromatic carbocycles. The van der Waals surface area contributed by atoms with E-state index in [4.69, 9.17) is 9.57 Å². The van der Waals surface area contributed by atoms with Crippen LogP contribution in [0.15, 0.2) is 52.6 Å². The number of benzene rings is 2. The highest BCUT2D eigenvalue weighted by Gasteiger charge is 2.30. The van der Waals surface area contributed by atoms with Gasteiger partial charge in [-0.1, -0.05) is 11.2 Å². The average Bonchev–Trinajstić information content (AvgIpc) is 3.17. The largest absolute Gasteiger partial charge is 0.487 e. The third kappa shape index (κ3) is 6.15. The number of ether oxygens (including phenoxy) is 1. The second-order valence-electron chi connectivity index (χ2n) is 7.46. The third-order valence-corrected chi connectivity index (χ3v) is 5.12. The molecule has 0 amide bonds. The maximum Gasteiger partial charge on any atom is 0.416 e. The first-order chi connectivity index (χ1) is 15.3. The van der Waals surface area contributed by atoms with Crippen LogP contribution in [0, 0.1) is 0 Å². The van der Waals surface area contributed by atoms with E-state index in [1.165, 1.54) is 24.8 Å². The number of aliphatic imine (C=N–C) groups is 1. The average molecular weight is 448 g/mol. The Hall–Kier alpha value is -3.23. The summed E-state index contributed by atoms with van der Waals surface area (Å²) in [5.41, 5.74) is 2.98. The van der Waals surface area contributed by atoms with Crippen molar-refractivity contribution in [3.8, 4) is 5.75 Å². The Morgan fingerprint density at radius 3 is 2.75 bits per heavy atom. The van der Waals surface area contributed by atoms with Gasteiger partial charge in [0.05, 0.1) is 24.1 Å². The van der Waals surface area contributed by atoms with Gasteiger partial charge in [0.25, 0.3) is 0 Å². The summed E-state index contributed by atoms with van der Waals surface area (Å²) < 4.78 is 44.3. The maximum absolute atomic E-state index is 12.9. The SMILES string of the molecule is CCN(C)C=Nc1ccc2c(c1)CCN2C/C(COc1cccc(C(F)(F)F)c1)=N/OC. The van der Waals surface area contributed by atoms with E-state index in [1.54, 1.807) is 0 Å². The molecule has 32 heavy (non-hydrogen) atoms. The minimum absolute atomic E-state index is 0.0205. The Bertz CT molecular complexity index is 976. The standard InChI is InChI=1S/C23H27F3N4O2/c1-4-29(2)16-27-19-8-9-22-17(12-19)10-11-30(22)14-20(28-31-3)15-32-21-7-5-6-18(13-21)23(24,25)26/h5-9,12-13,16H,4,10-11,14-15H2,1-3H3/b27-16?,28-20-. The van der Waals surface area contributed by atoms with Crippen LogP contribution in [0.25, 0.3) is 0 Å². The molecule has 0 bridgehead atoms. The predicted octanol–water partition coefficient (Wildman–Crippen LogP) is 4.76. The van der Waals surface area contributed by atoms with Crippen LogP contribution >= 0.6 is 0 Å². The van der Waals surface area contributed by atoms with Crippen LogP contribution in [-0.2, 0) is 17.4 Å². The topological polar surface area (TPSA) is 49.7 Å². The Balaban J connectivity index is 1.66. The Morgan fingerprint density at radius 2 is 2.03 bits per heavy atom. The van der Waals surface area contributed by atoms with Gasteiger partial charge in [-0.15, -0.1) is 0 Å². The summed E-state index contributed by atoms with van der Waals surface area (Å²) in [6.45, 7) is 4.20. The lowest BCUT2D eigenvalue weighted by Gasteiger charge is -2.20. The minimum atomic E-state index is -4.42. The molecule has 0 saturated carbocycles. The summed E-state index contributed by atoms with van der Waals surface area (Å²) in [4.78, 5) is 13.6. The van der Waals surface area contributed by atoms with Crippen molar-refractivity contribution < 1.29 is 22.7 Å². The van der Waals surface area contributed by atoms with E-state index in [0.717, 1.165) is 43.0 Å². The normalized spacial score (nSPS) is 14.1. The zero-order chi connectivity index (χ0) is 23.1. The molecule has 0 aromatic heterocycles. The van der Waals surface area contributed by atoms with Gasteiger partial charge in [-0.05, 0) is 55.3 Å². The van der Waals surface area contributed by atoms with Gasteiger partial charge in [-0.3, -0.25) is 0 Å². The number of alkyl halides is 3. The lowest BCUT2D eigenvalue weighted by molar-refractivity contribution is -0.137. The number of rotatable bonds is 9. The smallest absolute Gasteiger partial charge is 0.416 e. The van der Waals surface area contributed by atoms with Gasteiger partial charge in [0.15, 0.2) is 0 Å². The molecule has 172 valence electrons. The highest BCUT2D eigenvalue weighted by molar-refractivity contribution is 5.90. The molecule has 1 heterocycles. The summed E-state index contributed by atoms with van der Waals surface area (Å²) in [5, 5.41) is 4.02. The van der Waals surface area contributed by atoms with E-state index in [9.17, 15) is 13.2 Å². The van der Waals surface area contributed by atoms with Crippen LogP contribution in [-0.4, -0.2) is 57.3 Å². The van der Waals surface area contributed by atoms with Crippen molar-refractivity contribution in [2.75, 3.05) is 45.3 Å². The number of halogens is 3. The molecule has 6 nitrogen and oxygen atoms in total. The highest BCUT2D eigenvalue weighted by Crippen LogP contribution is 2.32. The highest BCUT2D eigenvalue weighted by atomic mass is 19.4. The van der Waals surface area contributed by atoms with Gasteiger partial charge in [-0.25, -0.2) is 4.99 Å². The molecule has 0 saturated heterocycles. The molecular weight excluding hydrogens is 421 g/mol. The molecular formula is C23H27F3N4O2. The first-order valence-corrected chi connectivity index (χ1v) is 10.3. The van der Waals surface area contributed by atoms with Crippen molar-refractivity contribution in [2.24, 2.45) is 10.1 Å². The van der Waals surface area contributed by atoms with Crippen LogP contribution in [0.4, 0.5) is 24.5 Å². The van der Waals surface area contributed by atoms with Crippen LogP contribution in [0.2, 0.25) is 0 Å². The van der Waals surface area contributed by atoms with E-state index in [1.807, 2.05) is 30.4 Å². The van der Waals surface area contributed by atoms with Gasteiger partial charge in [-0.2, -0.15) is 13.2 Å². The number of hydrogen-bond acceptors (Lipinski definition) is 5. The van der Waals surface area contributed by atoms with Gasteiger partial charge in [0.1, 0.15) is 25.2 Å². The maximum atomic E-state index is 12.9. The lowest BCUT2D eigenvalue weighted by Crippen LogP contribution is -2.31. The molecule has 9 heteroatoms. The fourth-order valence-corrected chi connectivity index (χ4v) is 3.33. The fourth-order valence-electron chi connectivity index (χ4n) is 3.33. The van der Waals surface area contributed by atoms with E-state index in [-0.39, 0.29) is 12.4 Å². The predicted molar refractivity (Wildman–Crippen MR) is 120 cm³/mol. The first-order valence-electron chi connectivity index (χ1n) is 10.3.